The van der Waals surface area contributed by atoms with E-state index >= 15 is 0 Å². The Balaban J connectivity index is 2.09. The summed E-state index contributed by atoms with van der Waals surface area (Å²) in [6.07, 6.45) is 3.98. The van der Waals surface area contributed by atoms with Gasteiger partial charge in [0, 0.05) is 17.3 Å². The molecule has 104 valence electrons. The van der Waals surface area contributed by atoms with Crippen LogP contribution in [0.1, 0.15) is 32.6 Å². The largest absolute Gasteiger partial charge is 0.326 e. The number of anilines is 1. The van der Waals surface area contributed by atoms with Crippen LogP contribution in [0.4, 0.5) is 5.69 Å². The van der Waals surface area contributed by atoms with Gasteiger partial charge in [-0.2, -0.15) is 0 Å². The SMILES string of the molecule is CCCC1(C(=O)Nc2ccc(Cl)cc2)CCCNC1. The normalized spacial score (nSPS) is 23.1. The first-order valence-electron chi connectivity index (χ1n) is 6.94. The van der Waals surface area contributed by atoms with Crippen molar-refractivity contribution in [1.82, 2.24) is 5.32 Å². The van der Waals surface area contributed by atoms with Crippen LogP contribution in [0.15, 0.2) is 24.3 Å². The van der Waals surface area contributed by atoms with E-state index in [0.717, 1.165) is 44.5 Å². The standard InChI is InChI=1S/C15H21ClN2O/c1-2-8-15(9-3-10-17-11-15)14(19)18-13-6-4-12(16)5-7-13/h4-7,17H,2-3,8-11H2,1H3,(H,18,19). The number of hydrogen-bond acceptors (Lipinski definition) is 2. The molecule has 1 amide bonds. The lowest BCUT2D eigenvalue weighted by molar-refractivity contribution is -0.127. The predicted octanol–water partition coefficient (Wildman–Crippen LogP) is 3.45. The molecule has 1 atom stereocenters. The fourth-order valence-corrected chi connectivity index (χ4v) is 2.89. The number of piperidine rings is 1. The summed E-state index contributed by atoms with van der Waals surface area (Å²) in [5.41, 5.74) is 0.558. The highest BCUT2D eigenvalue weighted by Gasteiger charge is 2.38. The Bertz CT molecular complexity index is 419. The van der Waals surface area contributed by atoms with Crippen LogP contribution >= 0.6 is 11.6 Å². The summed E-state index contributed by atoms with van der Waals surface area (Å²) in [5.74, 6) is 0.129. The van der Waals surface area contributed by atoms with Crippen LogP contribution in [0.2, 0.25) is 5.02 Å². The Morgan fingerprint density at radius 2 is 2.16 bits per heavy atom. The third kappa shape index (κ3) is 3.48. The molecule has 0 saturated carbocycles. The van der Waals surface area contributed by atoms with Gasteiger partial charge < -0.3 is 10.6 Å². The lowest BCUT2D eigenvalue weighted by Gasteiger charge is -2.36. The molecule has 2 N–H and O–H groups in total. The highest BCUT2D eigenvalue weighted by Crippen LogP contribution is 2.33. The van der Waals surface area contributed by atoms with Crippen molar-refractivity contribution < 1.29 is 4.79 Å². The second-order valence-corrected chi connectivity index (χ2v) is 5.71. The quantitative estimate of drug-likeness (QED) is 0.887. The maximum Gasteiger partial charge on any atom is 0.231 e. The monoisotopic (exact) mass is 280 g/mol. The molecule has 1 fully saturated rings. The van der Waals surface area contributed by atoms with Gasteiger partial charge in [-0.3, -0.25) is 4.79 Å². The van der Waals surface area contributed by atoms with Gasteiger partial charge in [0.15, 0.2) is 0 Å². The van der Waals surface area contributed by atoms with Gasteiger partial charge >= 0.3 is 0 Å². The Kier molecular flexibility index (Phi) is 4.83. The fourth-order valence-electron chi connectivity index (χ4n) is 2.76. The zero-order chi connectivity index (χ0) is 13.7. The van der Waals surface area contributed by atoms with Gasteiger partial charge in [-0.25, -0.2) is 0 Å². The van der Waals surface area contributed by atoms with Crippen molar-refractivity contribution in [3.63, 3.8) is 0 Å². The molecule has 1 heterocycles. The van der Waals surface area contributed by atoms with Gasteiger partial charge in [0.2, 0.25) is 5.91 Å². The summed E-state index contributed by atoms with van der Waals surface area (Å²) in [6.45, 7) is 3.92. The van der Waals surface area contributed by atoms with Gasteiger partial charge in [-0.15, -0.1) is 0 Å². The van der Waals surface area contributed by atoms with Crippen LogP contribution in [0, 0.1) is 5.41 Å². The number of carbonyl (C=O) groups excluding carboxylic acids is 1. The van der Waals surface area contributed by atoms with Gasteiger partial charge in [0.05, 0.1) is 5.41 Å². The summed E-state index contributed by atoms with van der Waals surface area (Å²) in [4.78, 5) is 12.6. The first-order valence-corrected chi connectivity index (χ1v) is 7.32. The number of hydrogen-bond donors (Lipinski definition) is 2. The molecule has 1 aliphatic heterocycles. The average Bonchev–Trinajstić information content (AvgIpc) is 2.43. The van der Waals surface area contributed by atoms with Gasteiger partial charge in [0.25, 0.3) is 0 Å². The van der Waals surface area contributed by atoms with Crippen molar-refractivity contribution >= 4 is 23.2 Å². The topological polar surface area (TPSA) is 41.1 Å². The number of halogens is 1. The van der Waals surface area contributed by atoms with Crippen LogP contribution in [-0.4, -0.2) is 19.0 Å². The first-order chi connectivity index (χ1) is 9.16. The second-order valence-electron chi connectivity index (χ2n) is 5.27. The van der Waals surface area contributed by atoms with E-state index in [1.165, 1.54) is 0 Å². The maximum atomic E-state index is 12.6. The maximum absolute atomic E-state index is 12.6. The molecular weight excluding hydrogens is 260 g/mol. The number of carbonyl (C=O) groups is 1. The molecule has 2 rings (SSSR count). The summed E-state index contributed by atoms with van der Waals surface area (Å²) in [7, 11) is 0. The number of rotatable bonds is 4. The van der Waals surface area contributed by atoms with E-state index in [9.17, 15) is 4.79 Å². The van der Waals surface area contributed by atoms with Gasteiger partial charge in [-0.1, -0.05) is 24.9 Å². The van der Waals surface area contributed by atoms with Crippen LogP contribution < -0.4 is 10.6 Å². The zero-order valence-corrected chi connectivity index (χ0v) is 12.1. The summed E-state index contributed by atoms with van der Waals surface area (Å²) >= 11 is 5.85. The van der Waals surface area contributed by atoms with Crippen molar-refractivity contribution in [3.8, 4) is 0 Å². The predicted molar refractivity (Wildman–Crippen MR) is 79.5 cm³/mol. The van der Waals surface area contributed by atoms with E-state index in [0.29, 0.717) is 5.02 Å². The highest BCUT2D eigenvalue weighted by molar-refractivity contribution is 6.30. The van der Waals surface area contributed by atoms with Crippen LogP contribution in [0.3, 0.4) is 0 Å². The summed E-state index contributed by atoms with van der Waals surface area (Å²) < 4.78 is 0. The van der Waals surface area contributed by atoms with E-state index in [1.807, 2.05) is 12.1 Å². The molecule has 0 radical (unpaired) electrons. The minimum Gasteiger partial charge on any atom is -0.326 e. The van der Waals surface area contributed by atoms with Crippen molar-refractivity contribution in [1.29, 1.82) is 0 Å². The van der Waals surface area contributed by atoms with Crippen molar-refractivity contribution in [3.05, 3.63) is 29.3 Å². The summed E-state index contributed by atoms with van der Waals surface area (Å²) in [6, 6.07) is 7.28. The zero-order valence-electron chi connectivity index (χ0n) is 11.3. The Labute approximate surface area is 119 Å². The smallest absolute Gasteiger partial charge is 0.231 e. The van der Waals surface area contributed by atoms with Crippen molar-refractivity contribution in [2.75, 3.05) is 18.4 Å². The van der Waals surface area contributed by atoms with E-state index in [-0.39, 0.29) is 11.3 Å². The Morgan fingerprint density at radius 3 is 2.74 bits per heavy atom. The van der Waals surface area contributed by atoms with Gasteiger partial charge in [-0.05, 0) is 50.1 Å². The van der Waals surface area contributed by atoms with E-state index in [1.54, 1.807) is 12.1 Å². The molecular formula is C15H21ClN2O. The van der Waals surface area contributed by atoms with Gasteiger partial charge in [0.1, 0.15) is 0 Å². The molecule has 1 saturated heterocycles. The fraction of sp³-hybridized carbons (Fsp3) is 0.533. The molecule has 1 aromatic rings. The summed E-state index contributed by atoms with van der Waals surface area (Å²) in [5, 5.41) is 7.06. The molecule has 3 nitrogen and oxygen atoms in total. The molecule has 0 aromatic heterocycles. The number of nitrogens with one attached hydrogen (secondary N) is 2. The van der Waals surface area contributed by atoms with E-state index in [2.05, 4.69) is 17.6 Å². The average molecular weight is 281 g/mol. The van der Waals surface area contributed by atoms with Crippen LogP contribution in [0.25, 0.3) is 0 Å². The Hall–Kier alpha value is -1.06. The molecule has 19 heavy (non-hydrogen) atoms. The molecule has 0 bridgehead atoms. The third-order valence-corrected chi connectivity index (χ3v) is 4.04. The van der Waals surface area contributed by atoms with E-state index in [4.69, 9.17) is 11.6 Å². The lowest BCUT2D eigenvalue weighted by Crippen LogP contribution is -2.48. The third-order valence-electron chi connectivity index (χ3n) is 3.78. The molecule has 0 spiro atoms. The van der Waals surface area contributed by atoms with E-state index < -0.39 is 0 Å². The minimum atomic E-state index is -0.257. The van der Waals surface area contributed by atoms with Crippen LogP contribution in [0.5, 0.6) is 0 Å². The molecule has 0 aliphatic carbocycles. The number of benzene rings is 1. The first kappa shape index (κ1) is 14.4. The second kappa shape index (κ2) is 6.40. The lowest BCUT2D eigenvalue weighted by atomic mass is 9.76. The molecule has 1 aromatic carbocycles. The molecule has 1 aliphatic rings. The minimum absolute atomic E-state index is 0.129. The number of amides is 1. The molecule has 1 unspecified atom stereocenters. The molecule has 4 heteroatoms. The van der Waals surface area contributed by atoms with Crippen molar-refractivity contribution in [2.24, 2.45) is 5.41 Å². The Morgan fingerprint density at radius 1 is 1.42 bits per heavy atom. The highest BCUT2D eigenvalue weighted by atomic mass is 35.5. The van der Waals surface area contributed by atoms with Crippen LogP contribution in [-0.2, 0) is 4.79 Å². The van der Waals surface area contributed by atoms with Crippen molar-refractivity contribution in [2.45, 2.75) is 32.6 Å².